The number of aromatic nitrogens is 2. The molecule has 4 nitrogen and oxygen atoms in total. The molecule has 0 aliphatic heterocycles. The Kier molecular flexibility index (Phi) is 2.63. The number of nitrogens with two attached hydrogens (primary N) is 1. The Balaban J connectivity index is 2.13. The predicted molar refractivity (Wildman–Crippen MR) is 75.2 cm³/mol. The summed E-state index contributed by atoms with van der Waals surface area (Å²) in [6.45, 7) is 3.96. The Hall–Kier alpha value is -2.49. The molecular formula is C15H15N3O. The van der Waals surface area contributed by atoms with E-state index in [9.17, 15) is 0 Å². The van der Waals surface area contributed by atoms with Gasteiger partial charge in [-0.2, -0.15) is 5.10 Å². The highest BCUT2D eigenvalue weighted by Crippen LogP contribution is 2.27. The molecule has 0 fully saturated rings. The fourth-order valence-corrected chi connectivity index (χ4v) is 2.17. The van der Waals surface area contributed by atoms with E-state index >= 15 is 0 Å². The molecule has 0 amide bonds. The Morgan fingerprint density at radius 3 is 2.63 bits per heavy atom. The minimum absolute atomic E-state index is 0.616. The summed E-state index contributed by atoms with van der Waals surface area (Å²) in [7, 11) is 0. The van der Waals surface area contributed by atoms with Gasteiger partial charge in [-0.05, 0) is 31.5 Å². The van der Waals surface area contributed by atoms with Crippen LogP contribution in [0.4, 0.5) is 5.82 Å². The van der Waals surface area contributed by atoms with Gasteiger partial charge < -0.3 is 10.2 Å². The van der Waals surface area contributed by atoms with Crippen LogP contribution in [0.25, 0.3) is 16.9 Å². The minimum Gasteiger partial charge on any atom is -0.469 e. The van der Waals surface area contributed by atoms with Gasteiger partial charge in [0.25, 0.3) is 0 Å². The Bertz CT molecular complexity index is 725. The van der Waals surface area contributed by atoms with Crippen LogP contribution < -0.4 is 5.73 Å². The number of benzene rings is 1. The summed E-state index contributed by atoms with van der Waals surface area (Å²) in [6.07, 6.45) is 1.66. The van der Waals surface area contributed by atoms with Crippen LogP contribution in [0.2, 0.25) is 0 Å². The van der Waals surface area contributed by atoms with Crippen LogP contribution in [0.5, 0.6) is 0 Å². The summed E-state index contributed by atoms with van der Waals surface area (Å²) in [6, 6.07) is 11.8. The molecule has 0 atom stereocenters. The van der Waals surface area contributed by atoms with Crippen molar-refractivity contribution in [3.8, 4) is 16.9 Å². The van der Waals surface area contributed by atoms with Crippen LogP contribution >= 0.6 is 0 Å². The van der Waals surface area contributed by atoms with Gasteiger partial charge in [0.05, 0.1) is 17.6 Å². The molecule has 19 heavy (non-hydrogen) atoms. The van der Waals surface area contributed by atoms with E-state index in [1.807, 2.05) is 50.2 Å². The molecule has 2 heterocycles. The lowest BCUT2D eigenvalue weighted by atomic mass is 10.2. The number of para-hydroxylation sites is 1. The highest BCUT2D eigenvalue weighted by molar-refractivity contribution is 5.65. The third-order valence-electron chi connectivity index (χ3n) is 3.22. The summed E-state index contributed by atoms with van der Waals surface area (Å²) in [5, 5.41) is 4.58. The number of nitrogens with zero attached hydrogens (tertiary/aromatic N) is 2. The summed E-state index contributed by atoms with van der Waals surface area (Å²) in [5.41, 5.74) is 9.99. The topological polar surface area (TPSA) is 57.0 Å². The van der Waals surface area contributed by atoms with Gasteiger partial charge in [0.1, 0.15) is 11.6 Å². The Labute approximate surface area is 111 Å². The van der Waals surface area contributed by atoms with Crippen LogP contribution in [0.1, 0.15) is 11.3 Å². The van der Waals surface area contributed by atoms with E-state index in [1.54, 1.807) is 10.9 Å². The van der Waals surface area contributed by atoms with Crippen molar-refractivity contribution in [2.45, 2.75) is 13.8 Å². The molecule has 0 saturated heterocycles. The average molecular weight is 253 g/mol. The number of nitrogen functional groups attached to an aromatic ring is 1. The molecule has 0 unspecified atom stereocenters. The monoisotopic (exact) mass is 253 g/mol. The number of rotatable bonds is 2. The number of anilines is 1. The second kappa shape index (κ2) is 4.31. The maximum absolute atomic E-state index is 6.07. The van der Waals surface area contributed by atoms with E-state index in [1.165, 1.54) is 0 Å². The molecule has 3 rings (SSSR count). The van der Waals surface area contributed by atoms with E-state index < -0.39 is 0 Å². The quantitative estimate of drug-likeness (QED) is 0.762. The average Bonchev–Trinajstić information content (AvgIpc) is 2.96. The van der Waals surface area contributed by atoms with Gasteiger partial charge in [0.15, 0.2) is 0 Å². The van der Waals surface area contributed by atoms with Crippen LogP contribution in [-0.4, -0.2) is 9.78 Å². The number of furan rings is 1. The zero-order chi connectivity index (χ0) is 13.4. The van der Waals surface area contributed by atoms with Gasteiger partial charge >= 0.3 is 0 Å². The highest BCUT2D eigenvalue weighted by Gasteiger charge is 2.13. The van der Waals surface area contributed by atoms with Crippen molar-refractivity contribution in [3.05, 3.63) is 54.0 Å². The van der Waals surface area contributed by atoms with E-state index in [0.29, 0.717) is 5.82 Å². The van der Waals surface area contributed by atoms with Crippen molar-refractivity contribution in [2.75, 3.05) is 5.73 Å². The summed E-state index contributed by atoms with van der Waals surface area (Å²) in [4.78, 5) is 0. The lowest BCUT2D eigenvalue weighted by Crippen LogP contribution is -2.03. The van der Waals surface area contributed by atoms with E-state index in [0.717, 1.165) is 28.3 Å². The van der Waals surface area contributed by atoms with Crippen LogP contribution in [0.3, 0.4) is 0 Å². The number of aryl methyl sites for hydroxylation is 2. The van der Waals surface area contributed by atoms with Crippen molar-refractivity contribution in [3.63, 3.8) is 0 Å². The molecule has 0 bridgehead atoms. The minimum atomic E-state index is 0.616. The standard InChI is InChI=1S/C15H15N3O/c1-10-5-3-4-6-14(10)18-15(16)9-13(17-18)12-7-8-19-11(12)2/h3-9H,16H2,1-2H3. The van der Waals surface area contributed by atoms with Gasteiger partial charge in [0.2, 0.25) is 0 Å². The normalized spacial score (nSPS) is 10.8. The van der Waals surface area contributed by atoms with Crippen molar-refractivity contribution >= 4 is 5.82 Å². The second-order valence-corrected chi connectivity index (χ2v) is 4.54. The Morgan fingerprint density at radius 1 is 1.16 bits per heavy atom. The van der Waals surface area contributed by atoms with Crippen LogP contribution in [0.15, 0.2) is 47.1 Å². The maximum atomic E-state index is 6.07. The zero-order valence-corrected chi connectivity index (χ0v) is 10.9. The molecule has 3 aromatic rings. The smallest absolute Gasteiger partial charge is 0.127 e. The Morgan fingerprint density at radius 2 is 1.95 bits per heavy atom. The molecule has 1 aromatic carbocycles. The predicted octanol–water partition coefficient (Wildman–Crippen LogP) is 3.33. The van der Waals surface area contributed by atoms with Crippen molar-refractivity contribution < 1.29 is 4.42 Å². The largest absolute Gasteiger partial charge is 0.469 e. The summed E-state index contributed by atoms with van der Waals surface area (Å²) in [5.74, 6) is 1.46. The fourth-order valence-electron chi connectivity index (χ4n) is 2.17. The highest BCUT2D eigenvalue weighted by atomic mass is 16.3. The maximum Gasteiger partial charge on any atom is 0.127 e. The molecule has 0 radical (unpaired) electrons. The molecule has 0 aliphatic rings. The summed E-state index contributed by atoms with van der Waals surface area (Å²) < 4.78 is 7.07. The molecule has 96 valence electrons. The van der Waals surface area contributed by atoms with Crippen molar-refractivity contribution in [1.82, 2.24) is 9.78 Å². The lowest BCUT2D eigenvalue weighted by Gasteiger charge is -2.06. The zero-order valence-electron chi connectivity index (χ0n) is 10.9. The molecule has 0 saturated carbocycles. The first-order valence-electron chi connectivity index (χ1n) is 6.13. The van der Waals surface area contributed by atoms with Crippen molar-refractivity contribution in [2.24, 2.45) is 0 Å². The number of hydrogen-bond acceptors (Lipinski definition) is 3. The molecule has 0 spiro atoms. The lowest BCUT2D eigenvalue weighted by molar-refractivity contribution is 0.535. The third-order valence-corrected chi connectivity index (χ3v) is 3.22. The summed E-state index contributed by atoms with van der Waals surface area (Å²) >= 11 is 0. The van der Waals surface area contributed by atoms with E-state index in [4.69, 9.17) is 10.2 Å². The third kappa shape index (κ3) is 1.91. The fraction of sp³-hybridized carbons (Fsp3) is 0.133. The van der Waals surface area contributed by atoms with Crippen molar-refractivity contribution in [1.29, 1.82) is 0 Å². The van der Waals surface area contributed by atoms with E-state index in [2.05, 4.69) is 5.10 Å². The van der Waals surface area contributed by atoms with Gasteiger partial charge in [-0.25, -0.2) is 4.68 Å². The SMILES string of the molecule is Cc1ccccc1-n1nc(-c2ccoc2C)cc1N. The molecule has 2 aromatic heterocycles. The van der Waals surface area contributed by atoms with Gasteiger partial charge in [-0.1, -0.05) is 18.2 Å². The molecule has 4 heteroatoms. The first-order valence-corrected chi connectivity index (χ1v) is 6.13. The first kappa shape index (κ1) is 11.6. The van der Waals surface area contributed by atoms with Gasteiger partial charge in [-0.15, -0.1) is 0 Å². The van der Waals surface area contributed by atoms with E-state index in [-0.39, 0.29) is 0 Å². The number of hydrogen-bond donors (Lipinski definition) is 1. The van der Waals surface area contributed by atoms with Gasteiger partial charge in [-0.3, -0.25) is 0 Å². The first-order chi connectivity index (χ1) is 9.16. The molecular weight excluding hydrogens is 238 g/mol. The second-order valence-electron chi connectivity index (χ2n) is 4.54. The molecule has 0 aliphatic carbocycles. The van der Waals surface area contributed by atoms with Crippen LogP contribution in [0, 0.1) is 13.8 Å². The molecule has 2 N–H and O–H groups in total. The van der Waals surface area contributed by atoms with Crippen LogP contribution in [-0.2, 0) is 0 Å². The van der Waals surface area contributed by atoms with Gasteiger partial charge in [0, 0.05) is 11.6 Å².